The molecule has 0 amide bonds. The molecule has 1 heterocycles. The van der Waals surface area contributed by atoms with Crippen molar-refractivity contribution in [1.29, 1.82) is 0 Å². The zero-order chi connectivity index (χ0) is 15.6. The van der Waals surface area contributed by atoms with Gasteiger partial charge in [-0.2, -0.15) is 0 Å². The van der Waals surface area contributed by atoms with E-state index in [0.717, 1.165) is 34.2 Å². The third-order valence-corrected chi connectivity index (χ3v) is 5.27. The van der Waals surface area contributed by atoms with E-state index in [2.05, 4.69) is 44.7 Å². The number of anilines is 1. The highest BCUT2D eigenvalue weighted by molar-refractivity contribution is 7.16. The molecule has 0 saturated heterocycles. The summed E-state index contributed by atoms with van der Waals surface area (Å²) in [5, 5.41) is 2.90. The van der Waals surface area contributed by atoms with Gasteiger partial charge in [-0.3, -0.25) is 4.79 Å². The van der Waals surface area contributed by atoms with Crippen molar-refractivity contribution < 1.29 is 0 Å². The Kier molecular flexibility index (Phi) is 5.04. The quantitative estimate of drug-likeness (QED) is 0.777. The number of fused-ring (bicyclic) bond motifs is 1. The first-order valence-electron chi connectivity index (χ1n) is 7.80. The highest BCUT2D eigenvalue weighted by Crippen LogP contribution is 2.26. The van der Waals surface area contributed by atoms with E-state index in [9.17, 15) is 4.79 Å². The van der Waals surface area contributed by atoms with Gasteiger partial charge in [-0.15, -0.1) is 11.3 Å². The van der Waals surface area contributed by atoms with Crippen molar-refractivity contribution in [2.24, 2.45) is 0 Å². The van der Waals surface area contributed by atoms with Crippen LogP contribution in [0.4, 0.5) is 5.69 Å². The fraction of sp³-hybridized carbons (Fsp3) is 0.500. The minimum absolute atomic E-state index is 0.174. The molecule has 0 aliphatic heterocycles. The lowest BCUT2D eigenvalue weighted by Crippen LogP contribution is -2.42. The summed E-state index contributed by atoms with van der Waals surface area (Å²) in [6.07, 6.45) is 2.08. The fourth-order valence-electron chi connectivity index (χ4n) is 2.72. The molecule has 0 fully saturated rings. The number of rotatable bonds is 5. The summed E-state index contributed by atoms with van der Waals surface area (Å²) in [5.41, 5.74) is 2.18. The van der Waals surface area contributed by atoms with Crippen molar-refractivity contribution in [3.63, 3.8) is 0 Å². The summed E-state index contributed by atoms with van der Waals surface area (Å²) in [6, 6.07) is 6.89. The van der Waals surface area contributed by atoms with Crippen LogP contribution >= 0.6 is 11.3 Å². The van der Waals surface area contributed by atoms with Crippen molar-refractivity contribution in [1.82, 2.24) is 0 Å². The van der Waals surface area contributed by atoms with Crippen LogP contribution in [-0.4, -0.2) is 12.1 Å². The van der Waals surface area contributed by atoms with Crippen LogP contribution in [0.15, 0.2) is 28.4 Å². The van der Waals surface area contributed by atoms with Gasteiger partial charge in [-0.25, -0.2) is 0 Å². The van der Waals surface area contributed by atoms with Crippen molar-refractivity contribution in [2.45, 2.75) is 59.5 Å². The Morgan fingerprint density at radius 1 is 1.14 bits per heavy atom. The van der Waals surface area contributed by atoms with Crippen LogP contribution < -0.4 is 10.3 Å². The van der Waals surface area contributed by atoms with Gasteiger partial charge in [0.05, 0.1) is 5.69 Å². The third-order valence-electron chi connectivity index (χ3n) is 4.32. The monoisotopic (exact) mass is 303 g/mol. The Labute approximate surface area is 131 Å². The zero-order valence-electron chi connectivity index (χ0n) is 13.6. The van der Waals surface area contributed by atoms with Crippen LogP contribution in [0.3, 0.4) is 0 Å². The SMILES string of the molecule is CCC(C)N(c1csc2ccc(C)cc2c1=O)C(C)CC. The number of nitrogens with zero attached hydrogens (tertiary/aromatic N) is 1. The van der Waals surface area contributed by atoms with Gasteiger partial charge < -0.3 is 4.90 Å². The van der Waals surface area contributed by atoms with Gasteiger partial charge in [0, 0.05) is 27.5 Å². The van der Waals surface area contributed by atoms with Crippen LogP contribution in [-0.2, 0) is 0 Å². The lowest BCUT2D eigenvalue weighted by atomic mass is 10.1. The minimum atomic E-state index is 0.174. The molecule has 21 heavy (non-hydrogen) atoms. The van der Waals surface area contributed by atoms with Gasteiger partial charge in [-0.1, -0.05) is 25.5 Å². The molecule has 0 radical (unpaired) electrons. The Hall–Kier alpha value is -1.35. The summed E-state index contributed by atoms with van der Waals surface area (Å²) in [6.45, 7) is 10.8. The Bertz CT molecular complexity index is 666. The molecule has 2 aromatic rings. The van der Waals surface area contributed by atoms with E-state index in [-0.39, 0.29) is 5.43 Å². The third kappa shape index (κ3) is 3.13. The first kappa shape index (κ1) is 16.0. The van der Waals surface area contributed by atoms with Gasteiger partial charge in [0.1, 0.15) is 0 Å². The predicted molar refractivity (Wildman–Crippen MR) is 94.8 cm³/mol. The zero-order valence-corrected chi connectivity index (χ0v) is 14.5. The lowest BCUT2D eigenvalue weighted by Gasteiger charge is -2.35. The lowest BCUT2D eigenvalue weighted by molar-refractivity contribution is 0.527. The maximum Gasteiger partial charge on any atom is 0.211 e. The summed E-state index contributed by atoms with van der Waals surface area (Å²) in [5.74, 6) is 0. The first-order valence-corrected chi connectivity index (χ1v) is 8.68. The molecular weight excluding hydrogens is 278 g/mol. The van der Waals surface area contributed by atoms with Crippen molar-refractivity contribution in [3.05, 3.63) is 39.4 Å². The van der Waals surface area contributed by atoms with Gasteiger partial charge in [0.15, 0.2) is 0 Å². The molecule has 0 saturated carbocycles. The Morgan fingerprint density at radius 3 is 2.33 bits per heavy atom. The van der Waals surface area contributed by atoms with Gasteiger partial charge in [-0.05, 0) is 45.7 Å². The predicted octanol–water partition coefficient (Wildman–Crippen LogP) is 4.97. The van der Waals surface area contributed by atoms with Crippen molar-refractivity contribution in [3.8, 4) is 0 Å². The molecule has 3 heteroatoms. The molecule has 0 aliphatic rings. The topological polar surface area (TPSA) is 20.3 Å². The van der Waals surface area contributed by atoms with Crippen molar-refractivity contribution >= 4 is 27.1 Å². The molecule has 0 aliphatic carbocycles. The molecule has 2 atom stereocenters. The number of hydrogen-bond acceptors (Lipinski definition) is 3. The van der Waals surface area contributed by atoms with Crippen molar-refractivity contribution in [2.75, 3.05) is 4.90 Å². The normalized spacial score (nSPS) is 14.1. The molecular formula is C18H25NOS. The number of aryl methyl sites for hydroxylation is 1. The van der Waals surface area contributed by atoms with E-state index < -0.39 is 0 Å². The second-order valence-corrected chi connectivity index (χ2v) is 6.78. The van der Waals surface area contributed by atoms with Crippen LogP contribution in [0.5, 0.6) is 0 Å². The molecule has 0 spiro atoms. The molecule has 0 N–H and O–H groups in total. The van der Waals surface area contributed by atoms with Gasteiger partial charge in [0.25, 0.3) is 0 Å². The standard InChI is InChI=1S/C18H25NOS/c1-6-13(4)19(14(5)7-2)16-11-21-17-9-8-12(3)10-15(17)18(16)20/h8-11,13-14H,6-7H2,1-5H3. The van der Waals surface area contributed by atoms with Crippen LogP contribution in [0.2, 0.25) is 0 Å². The van der Waals surface area contributed by atoms with E-state index in [0.29, 0.717) is 12.1 Å². The maximum absolute atomic E-state index is 12.9. The van der Waals surface area contributed by atoms with E-state index in [1.54, 1.807) is 11.3 Å². The average Bonchev–Trinajstić information content (AvgIpc) is 2.49. The fourth-order valence-corrected chi connectivity index (χ4v) is 3.61. The van der Waals surface area contributed by atoms with E-state index in [4.69, 9.17) is 0 Å². The summed E-state index contributed by atoms with van der Waals surface area (Å²) in [4.78, 5) is 15.2. The highest BCUT2D eigenvalue weighted by atomic mass is 32.1. The van der Waals surface area contributed by atoms with Gasteiger partial charge >= 0.3 is 0 Å². The smallest absolute Gasteiger partial charge is 0.211 e. The van der Waals surface area contributed by atoms with Crippen LogP contribution in [0.25, 0.3) is 10.1 Å². The molecule has 2 nitrogen and oxygen atoms in total. The molecule has 2 rings (SSSR count). The first-order chi connectivity index (χ1) is 9.99. The molecule has 114 valence electrons. The average molecular weight is 303 g/mol. The van der Waals surface area contributed by atoms with Gasteiger partial charge in [0.2, 0.25) is 5.43 Å². The van der Waals surface area contributed by atoms with Crippen LogP contribution in [0, 0.1) is 6.92 Å². The maximum atomic E-state index is 12.9. The van der Waals surface area contributed by atoms with E-state index >= 15 is 0 Å². The molecule has 1 aromatic carbocycles. The number of benzene rings is 1. The Morgan fingerprint density at radius 2 is 1.76 bits per heavy atom. The summed E-state index contributed by atoms with van der Waals surface area (Å²) >= 11 is 1.67. The Balaban J connectivity index is 2.63. The second-order valence-electron chi connectivity index (χ2n) is 5.87. The van der Waals surface area contributed by atoms with E-state index in [1.165, 1.54) is 0 Å². The molecule has 2 unspecified atom stereocenters. The highest BCUT2D eigenvalue weighted by Gasteiger charge is 2.21. The summed E-state index contributed by atoms with van der Waals surface area (Å²) in [7, 11) is 0. The molecule has 0 bridgehead atoms. The van der Waals surface area contributed by atoms with Crippen LogP contribution in [0.1, 0.15) is 46.1 Å². The van der Waals surface area contributed by atoms with E-state index in [1.807, 2.05) is 18.4 Å². The second kappa shape index (κ2) is 6.61. The summed E-state index contributed by atoms with van der Waals surface area (Å²) < 4.78 is 1.07. The minimum Gasteiger partial charge on any atom is -0.362 e. The number of hydrogen-bond donors (Lipinski definition) is 0. The molecule has 1 aromatic heterocycles. The largest absolute Gasteiger partial charge is 0.362 e.